The van der Waals surface area contributed by atoms with Crippen LogP contribution in [0.5, 0.6) is 0 Å². The van der Waals surface area contributed by atoms with Gasteiger partial charge >= 0.3 is 0 Å². The highest BCUT2D eigenvalue weighted by Crippen LogP contribution is 2.23. The monoisotopic (exact) mass is 178 g/mol. The van der Waals surface area contributed by atoms with Gasteiger partial charge in [0.2, 0.25) is 0 Å². The first-order valence-corrected chi connectivity index (χ1v) is 4.89. The summed E-state index contributed by atoms with van der Waals surface area (Å²) in [6.45, 7) is 8.15. The minimum absolute atomic E-state index is 0.408. The molecule has 1 rings (SSSR count). The maximum Gasteiger partial charge on any atom is 0.103 e. The quantitative estimate of drug-likeness (QED) is 0.693. The molecular formula is C11H18N2. The molecule has 2 nitrogen and oxygen atoms in total. The minimum atomic E-state index is 0.408. The average molecular weight is 178 g/mol. The first-order valence-electron chi connectivity index (χ1n) is 4.89. The summed E-state index contributed by atoms with van der Waals surface area (Å²) in [5, 5.41) is 0. The van der Waals surface area contributed by atoms with Crippen molar-refractivity contribution in [1.82, 2.24) is 0 Å². The highest BCUT2D eigenvalue weighted by molar-refractivity contribution is 5.84. The molecule has 0 aliphatic carbocycles. The Bertz CT molecular complexity index is 257. The van der Waals surface area contributed by atoms with E-state index >= 15 is 0 Å². The number of amidine groups is 1. The maximum absolute atomic E-state index is 5.85. The maximum atomic E-state index is 5.85. The summed E-state index contributed by atoms with van der Waals surface area (Å²) in [5.74, 6) is 1.15. The van der Waals surface area contributed by atoms with Crippen molar-refractivity contribution in [3.8, 4) is 0 Å². The van der Waals surface area contributed by atoms with Gasteiger partial charge < -0.3 is 5.73 Å². The number of nitrogens with zero attached hydrogens (tertiary/aromatic N) is 1. The van der Waals surface area contributed by atoms with Crippen LogP contribution in [0.1, 0.15) is 33.1 Å². The Morgan fingerprint density at radius 3 is 2.85 bits per heavy atom. The number of aliphatic imine (C=N–C) groups is 1. The minimum Gasteiger partial charge on any atom is -0.387 e. The van der Waals surface area contributed by atoms with Crippen LogP contribution in [-0.2, 0) is 0 Å². The van der Waals surface area contributed by atoms with Crippen molar-refractivity contribution in [2.24, 2.45) is 16.6 Å². The highest BCUT2D eigenvalue weighted by atomic mass is 14.9. The van der Waals surface area contributed by atoms with E-state index < -0.39 is 0 Å². The van der Waals surface area contributed by atoms with Gasteiger partial charge in [0.25, 0.3) is 0 Å². The Balaban J connectivity index is 2.88. The molecule has 0 fully saturated rings. The summed E-state index contributed by atoms with van der Waals surface area (Å²) in [5.41, 5.74) is 8.05. The van der Waals surface area contributed by atoms with E-state index in [4.69, 9.17) is 5.73 Å². The van der Waals surface area contributed by atoms with Gasteiger partial charge in [-0.05, 0) is 25.3 Å². The predicted molar refractivity (Wildman–Crippen MR) is 57.5 cm³/mol. The second-order valence-electron chi connectivity index (χ2n) is 3.49. The molecule has 1 aliphatic rings. The van der Waals surface area contributed by atoms with Gasteiger partial charge in [0.1, 0.15) is 5.84 Å². The Hall–Kier alpha value is -1.05. The number of hydrogen-bond donors (Lipinski definition) is 1. The summed E-state index contributed by atoms with van der Waals surface area (Å²) >= 11 is 0. The fraction of sp³-hybridized carbons (Fsp3) is 0.545. The van der Waals surface area contributed by atoms with Crippen molar-refractivity contribution in [1.29, 1.82) is 0 Å². The van der Waals surface area contributed by atoms with Gasteiger partial charge in [-0.3, -0.25) is 0 Å². The van der Waals surface area contributed by atoms with Gasteiger partial charge in [-0.1, -0.05) is 26.0 Å². The van der Waals surface area contributed by atoms with Gasteiger partial charge in [-0.25, -0.2) is 4.99 Å². The van der Waals surface area contributed by atoms with Gasteiger partial charge in [0.15, 0.2) is 0 Å². The zero-order valence-corrected chi connectivity index (χ0v) is 8.51. The van der Waals surface area contributed by atoms with Crippen molar-refractivity contribution in [2.45, 2.75) is 33.1 Å². The highest BCUT2D eigenvalue weighted by Gasteiger charge is 2.15. The Morgan fingerprint density at radius 1 is 1.62 bits per heavy atom. The van der Waals surface area contributed by atoms with Crippen molar-refractivity contribution in [3.05, 3.63) is 23.9 Å². The van der Waals surface area contributed by atoms with Gasteiger partial charge in [0, 0.05) is 5.92 Å². The van der Waals surface area contributed by atoms with E-state index in [0.29, 0.717) is 5.92 Å². The third-order valence-corrected chi connectivity index (χ3v) is 2.52. The van der Waals surface area contributed by atoms with Crippen LogP contribution in [0, 0.1) is 5.92 Å². The van der Waals surface area contributed by atoms with Crippen LogP contribution in [0.4, 0.5) is 0 Å². The average Bonchev–Trinajstić information content (AvgIpc) is 2.23. The first-order chi connectivity index (χ1) is 6.17. The van der Waals surface area contributed by atoms with E-state index in [0.717, 1.165) is 30.8 Å². The molecule has 1 unspecified atom stereocenters. The molecular weight excluding hydrogens is 160 g/mol. The van der Waals surface area contributed by atoms with Crippen LogP contribution in [-0.4, -0.2) is 5.84 Å². The van der Waals surface area contributed by atoms with E-state index in [1.165, 1.54) is 5.57 Å². The number of allylic oxidation sites excluding steroid dienone is 2. The molecule has 0 radical (unpaired) electrons. The molecule has 0 amide bonds. The number of nitrogens with two attached hydrogens (primary N) is 1. The molecule has 13 heavy (non-hydrogen) atoms. The SMILES string of the molecule is C=C1C=C(CC)CC(CC)C(N)=N1. The van der Waals surface area contributed by atoms with Crippen molar-refractivity contribution in [2.75, 3.05) is 0 Å². The van der Waals surface area contributed by atoms with E-state index in [1.54, 1.807) is 0 Å². The number of hydrogen-bond acceptors (Lipinski definition) is 2. The molecule has 2 heteroatoms. The molecule has 0 aromatic rings. The lowest BCUT2D eigenvalue weighted by Crippen LogP contribution is -2.22. The molecule has 1 heterocycles. The smallest absolute Gasteiger partial charge is 0.103 e. The Morgan fingerprint density at radius 2 is 2.31 bits per heavy atom. The second kappa shape index (κ2) is 4.26. The third kappa shape index (κ3) is 2.44. The first kappa shape index (κ1) is 10.0. The zero-order chi connectivity index (χ0) is 9.84. The van der Waals surface area contributed by atoms with Crippen LogP contribution in [0.25, 0.3) is 0 Å². The lowest BCUT2D eigenvalue weighted by atomic mass is 9.95. The third-order valence-electron chi connectivity index (χ3n) is 2.52. The van der Waals surface area contributed by atoms with Crippen LogP contribution < -0.4 is 5.73 Å². The molecule has 0 bridgehead atoms. The Labute approximate surface area is 80.2 Å². The summed E-state index contributed by atoms with van der Waals surface area (Å²) in [4.78, 5) is 4.25. The second-order valence-corrected chi connectivity index (χ2v) is 3.49. The summed E-state index contributed by atoms with van der Waals surface area (Å²) in [6.07, 6.45) is 5.22. The van der Waals surface area contributed by atoms with E-state index in [9.17, 15) is 0 Å². The normalized spacial score (nSPS) is 23.5. The molecule has 0 saturated heterocycles. The molecule has 2 N–H and O–H groups in total. The van der Waals surface area contributed by atoms with Crippen molar-refractivity contribution < 1.29 is 0 Å². The lowest BCUT2D eigenvalue weighted by molar-refractivity contribution is 0.644. The summed E-state index contributed by atoms with van der Waals surface area (Å²) in [6, 6.07) is 0. The lowest BCUT2D eigenvalue weighted by Gasteiger charge is -2.12. The van der Waals surface area contributed by atoms with Crippen LogP contribution in [0.2, 0.25) is 0 Å². The summed E-state index contributed by atoms with van der Waals surface area (Å²) in [7, 11) is 0. The fourth-order valence-corrected chi connectivity index (χ4v) is 1.60. The largest absolute Gasteiger partial charge is 0.387 e. The van der Waals surface area contributed by atoms with Crippen molar-refractivity contribution in [3.63, 3.8) is 0 Å². The predicted octanol–water partition coefficient (Wildman–Crippen LogP) is 2.62. The van der Waals surface area contributed by atoms with E-state index in [-0.39, 0.29) is 0 Å². The summed E-state index contributed by atoms with van der Waals surface area (Å²) < 4.78 is 0. The molecule has 0 aromatic carbocycles. The van der Waals surface area contributed by atoms with Crippen molar-refractivity contribution >= 4 is 5.84 Å². The molecule has 0 spiro atoms. The van der Waals surface area contributed by atoms with Gasteiger partial charge in [-0.2, -0.15) is 0 Å². The van der Waals surface area contributed by atoms with E-state index in [1.807, 2.05) is 0 Å². The Kier molecular flexibility index (Phi) is 3.29. The standard InChI is InChI=1S/C11H18N2/c1-4-9-6-8(3)13-11(12)10(5-2)7-9/h6,10H,3-5,7H2,1-2H3,(H2,12,13). The topological polar surface area (TPSA) is 38.4 Å². The van der Waals surface area contributed by atoms with Gasteiger partial charge in [-0.15, -0.1) is 0 Å². The van der Waals surface area contributed by atoms with Crippen LogP contribution in [0.15, 0.2) is 28.9 Å². The number of rotatable bonds is 2. The van der Waals surface area contributed by atoms with Crippen LogP contribution in [0.3, 0.4) is 0 Å². The van der Waals surface area contributed by atoms with Crippen LogP contribution >= 0.6 is 0 Å². The van der Waals surface area contributed by atoms with E-state index in [2.05, 4.69) is 31.5 Å². The molecule has 1 atom stereocenters. The molecule has 72 valence electrons. The molecule has 1 aliphatic heterocycles. The van der Waals surface area contributed by atoms with Gasteiger partial charge in [0.05, 0.1) is 5.70 Å². The zero-order valence-electron chi connectivity index (χ0n) is 8.51. The fourth-order valence-electron chi connectivity index (χ4n) is 1.60. The molecule has 0 aromatic heterocycles. The molecule has 0 saturated carbocycles.